The molecule has 0 bridgehead atoms. The summed E-state index contributed by atoms with van der Waals surface area (Å²) in [5.74, 6) is 0.261. The first-order chi connectivity index (χ1) is 7.17. The van der Waals surface area contributed by atoms with Crippen molar-refractivity contribution in [3.05, 3.63) is 0 Å². The predicted molar refractivity (Wildman–Crippen MR) is 58.6 cm³/mol. The van der Waals surface area contributed by atoms with Crippen molar-refractivity contribution in [1.29, 1.82) is 0 Å². The van der Waals surface area contributed by atoms with Crippen molar-refractivity contribution < 1.29 is 9.53 Å². The highest BCUT2D eigenvalue weighted by Crippen LogP contribution is 2.43. The molecule has 1 amide bonds. The van der Waals surface area contributed by atoms with Crippen LogP contribution in [0, 0.1) is 0 Å². The molecule has 1 saturated carbocycles. The van der Waals surface area contributed by atoms with Gasteiger partial charge in [0.05, 0.1) is 5.60 Å². The lowest BCUT2D eigenvalue weighted by Gasteiger charge is -2.49. The predicted octanol–water partition coefficient (Wildman–Crippen LogP) is 1.96. The van der Waals surface area contributed by atoms with E-state index in [1.807, 2.05) is 18.9 Å². The van der Waals surface area contributed by atoms with E-state index in [2.05, 4.69) is 0 Å². The van der Waals surface area contributed by atoms with Gasteiger partial charge in [-0.05, 0) is 32.1 Å². The second-order valence-corrected chi connectivity index (χ2v) is 4.89. The fourth-order valence-electron chi connectivity index (χ4n) is 2.71. The second-order valence-electron chi connectivity index (χ2n) is 4.89. The number of rotatable bonds is 2. The zero-order chi connectivity index (χ0) is 10.9. The smallest absolute Gasteiger partial charge is 0.222 e. The summed E-state index contributed by atoms with van der Waals surface area (Å²) in [4.78, 5) is 13.5. The van der Waals surface area contributed by atoms with Gasteiger partial charge in [-0.1, -0.05) is 6.92 Å². The molecule has 3 nitrogen and oxygen atoms in total. The molecular formula is C12H21NO2. The summed E-state index contributed by atoms with van der Waals surface area (Å²) in [6.45, 7) is 2.75. The van der Waals surface area contributed by atoms with Crippen molar-refractivity contribution in [3.8, 4) is 0 Å². The SMILES string of the molecule is CCC(=O)N(C)C1CCOC2(CCC2)C1. The summed E-state index contributed by atoms with van der Waals surface area (Å²) in [6, 6.07) is 0.409. The summed E-state index contributed by atoms with van der Waals surface area (Å²) in [5.41, 5.74) is 0.144. The average Bonchev–Trinajstić information content (AvgIpc) is 2.25. The maximum absolute atomic E-state index is 11.6. The van der Waals surface area contributed by atoms with Crippen LogP contribution in [-0.2, 0) is 9.53 Å². The summed E-state index contributed by atoms with van der Waals surface area (Å²) in [7, 11) is 1.94. The van der Waals surface area contributed by atoms with Crippen molar-refractivity contribution in [1.82, 2.24) is 4.90 Å². The normalized spacial score (nSPS) is 28.5. The Kier molecular flexibility index (Phi) is 3.01. The lowest BCUT2D eigenvalue weighted by molar-refractivity contribution is -0.156. The lowest BCUT2D eigenvalue weighted by Crippen LogP contribution is -2.52. The number of hydrogen-bond donors (Lipinski definition) is 0. The monoisotopic (exact) mass is 211 g/mol. The molecule has 1 saturated heterocycles. The van der Waals surface area contributed by atoms with E-state index in [-0.39, 0.29) is 11.5 Å². The number of carbonyl (C=O) groups is 1. The van der Waals surface area contributed by atoms with E-state index in [0.717, 1.165) is 19.4 Å². The van der Waals surface area contributed by atoms with Gasteiger partial charge in [0.15, 0.2) is 0 Å². The highest BCUT2D eigenvalue weighted by molar-refractivity contribution is 5.75. The zero-order valence-electron chi connectivity index (χ0n) is 9.79. The Bertz CT molecular complexity index is 248. The van der Waals surface area contributed by atoms with Crippen LogP contribution < -0.4 is 0 Å². The highest BCUT2D eigenvalue weighted by Gasteiger charge is 2.43. The van der Waals surface area contributed by atoms with Crippen molar-refractivity contribution in [2.45, 2.75) is 57.1 Å². The Morgan fingerprint density at radius 3 is 2.80 bits per heavy atom. The second kappa shape index (κ2) is 4.12. The van der Waals surface area contributed by atoms with E-state index in [0.29, 0.717) is 12.5 Å². The minimum Gasteiger partial charge on any atom is -0.375 e. The maximum Gasteiger partial charge on any atom is 0.222 e. The molecule has 15 heavy (non-hydrogen) atoms. The van der Waals surface area contributed by atoms with Crippen LogP contribution in [0.25, 0.3) is 0 Å². The molecule has 0 aromatic heterocycles. The van der Waals surface area contributed by atoms with Crippen molar-refractivity contribution in [3.63, 3.8) is 0 Å². The van der Waals surface area contributed by atoms with Gasteiger partial charge in [0.2, 0.25) is 5.91 Å². The number of carbonyl (C=O) groups excluding carboxylic acids is 1. The van der Waals surface area contributed by atoms with Gasteiger partial charge in [-0.2, -0.15) is 0 Å². The largest absolute Gasteiger partial charge is 0.375 e. The Morgan fingerprint density at radius 1 is 1.53 bits per heavy atom. The van der Waals surface area contributed by atoms with Gasteiger partial charge in [-0.15, -0.1) is 0 Å². The fourth-order valence-corrected chi connectivity index (χ4v) is 2.71. The topological polar surface area (TPSA) is 29.5 Å². The minimum atomic E-state index is 0.144. The Labute approximate surface area is 91.8 Å². The molecule has 2 aliphatic rings. The summed E-state index contributed by atoms with van der Waals surface area (Å²) in [6.07, 6.45) is 6.34. The van der Waals surface area contributed by atoms with Gasteiger partial charge in [-0.3, -0.25) is 4.79 Å². The molecule has 2 rings (SSSR count). The minimum absolute atomic E-state index is 0.144. The first-order valence-electron chi connectivity index (χ1n) is 6.06. The van der Waals surface area contributed by atoms with Crippen LogP contribution in [-0.4, -0.2) is 36.1 Å². The van der Waals surface area contributed by atoms with Gasteiger partial charge in [0.25, 0.3) is 0 Å². The van der Waals surface area contributed by atoms with Crippen molar-refractivity contribution in [2.75, 3.05) is 13.7 Å². The number of ether oxygens (including phenoxy) is 1. The quantitative estimate of drug-likeness (QED) is 0.698. The van der Waals surface area contributed by atoms with Crippen LogP contribution in [0.3, 0.4) is 0 Å². The lowest BCUT2D eigenvalue weighted by atomic mass is 9.73. The molecule has 2 fully saturated rings. The van der Waals surface area contributed by atoms with Gasteiger partial charge >= 0.3 is 0 Å². The van der Waals surface area contributed by atoms with E-state index in [4.69, 9.17) is 4.74 Å². The molecule has 0 radical (unpaired) electrons. The molecule has 0 aromatic rings. The zero-order valence-corrected chi connectivity index (χ0v) is 9.79. The van der Waals surface area contributed by atoms with E-state index >= 15 is 0 Å². The van der Waals surface area contributed by atoms with Crippen molar-refractivity contribution in [2.24, 2.45) is 0 Å². The molecule has 1 atom stereocenters. The molecular weight excluding hydrogens is 190 g/mol. The standard InChI is InChI=1S/C12H21NO2/c1-3-11(14)13(2)10-5-8-15-12(9-10)6-4-7-12/h10H,3-9H2,1-2H3. The van der Waals surface area contributed by atoms with Crippen LogP contribution in [0.1, 0.15) is 45.4 Å². The Balaban J connectivity index is 1.94. The number of nitrogens with zero attached hydrogens (tertiary/aromatic N) is 1. The Hall–Kier alpha value is -0.570. The first-order valence-corrected chi connectivity index (χ1v) is 6.06. The van der Waals surface area contributed by atoms with Gasteiger partial charge in [0, 0.05) is 26.1 Å². The van der Waals surface area contributed by atoms with Gasteiger partial charge < -0.3 is 9.64 Å². The van der Waals surface area contributed by atoms with Crippen LogP contribution in [0.4, 0.5) is 0 Å². The van der Waals surface area contributed by atoms with Gasteiger partial charge in [0.1, 0.15) is 0 Å². The molecule has 0 N–H and O–H groups in total. The summed E-state index contributed by atoms with van der Waals surface area (Å²) in [5, 5.41) is 0. The summed E-state index contributed by atoms with van der Waals surface area (Å²) < 4.78 is 5.86. The van der Waals surface area contributed by atoms with E-state index in [9.17, 15) is 4.79 Å². The number of hydrogen-bond acceptors (Lipinski definition) is 2. The van der Waals surface area contributed by atoms with Crippen LogP contribution >= 0.6 is 0 Å². The van der Waals surface area contributed by atoms with Crippen LogP contribution in [0.15, 0.2) is 0 Å². The van der Waals surface area contributed by atoms with Crippen molar-refractivity contribution >= 4 is 5.91 Å². The number of amides is 1. The molecule has 1 unspecified atom stereocenters. The molecule has 0 aromatic carbocycles. The third-order valence-electron chi connectivity index (χ3n) is 3.98. The van der Waals surface area contributed by atoms with Crippen LogP contribution in [0.5, 0.6) is 0 Å². The fraction of sp³-hybridized carbons (Fsp3) is 0.917. The molecule has 1 aliphatic carbocycles. The van der Waals surface area contributed by atoms with Gasteiger partial charge in [-0.25, -0.2) is 0 Å². The molecule has 1 heterocycles. The van der Waals surface area contributed by atoms with E-state index in [1.165, 1.54) is 19.3 Å². The maximum atomic E-state index is 11.6. The van der Waals surface area contributed by atoms with E-state index in [1.54, 1.807) is 0 Å². The molecule has 3 heteroatoms. The molecule has 86 valence electrons. The summed E-state index contributed by atoms with van der Waals surface area (Å²) >= 11 is 0. The Morgan fingerprint density at radius 2 is 2.27 bits per heavy atom. The van der Waals surface area contributed by atoms with Crippen LogP contribution in [0.2, 0.25) is 0 Å². The average molecular weight is 211 g/mol. The third kappa shape index (κ3) is 2.03. The molecule has 1 spiro atoms. The van der Waals surface area contributed by atoms with E-state index < -0.39 is 0 Å². The third-order valence-corrected chi connectivity index (χ3v) is 3.98. The highest BCUT2D eigenvalue weighted by atomic mass is 16.5. The molecule has 1 aliphatic heterocycles. The first kappa shape index (κ1) is 10.9.